The normalized spacial score (nSPS) is 12.3. The Kier molecular flexibility index (Phi) is 4.82. The fourth-order valence-corrected chi connectivity index (χ4v) is 3.34. The highest BCUT2D eigenvalue weighted by atomic mass is 32.2. The summed E-state index contributed by atoms with van der Waals surface area (Å²) in [6.45, 7) is 2.43. The van der Waals surface area contributed by atoms with Crippen molar-refractivity contribution < 1.29 is 4.21 Å². The summed E-state index contributed by atoms with van der Waals surface area (Å²) in [4.78, 5) is 4.22. The first-order valence-electron chi connectivity index (χ1n) is 6.23. The summed E-state index contributed by atoms with van der Waals surface area (Å²) in [7, 11) is -0.940. The number of hydrogen-bond donors (Lipinski definition) is 1. The number of aryl methyl sites for hydroxylation is 1. The van der Waals surface area contributed by atoms with Crippen molar-refractivity contribution in [2.45, 2.75) is 25.0 Å². The van der Waals surface area contributed by atoms with Crippen LogP contribution in [-0.4, -0.2) is 9.19 Å². The van der Waals surface area contributed by atoms with E-state index in [1.54, 1.807) is 6.20 Å². The van der Waals surface area contributed by atoms with Gasteiger partial charge in [0.25, 0.3) is 0 Å². The zero-order chi connectivity index (χ0) is 13.7. The van der Waals surface area contributed by atoms with Crippen molar-refractivity contribution in [2.75, 3.05) is 0 Å². The highest BCUT2D eigenvalue weighted by Crippen LogP contribution is 2.14. The molecule has 0 aliphatic heterocycles. The van der Waals surface area contributed by atoms with Crippen LogP contribution in [0.1, 0.15) is 22.4 Å². The Morgan fingerprint density at radius 3 is 2.53 bits per heavy atom. The fourth-order valence-electron chi connectivity index (χ4n) is 1.96. The summed E-state index contributed by atoms with van der Waals surface area (Å²) in [5.41, 5.74) is 9.78. The first-order valence-corrected chi connectivity index (χ1v) is 7.72. The van der Waals surface area contributed by atoms with E-state index in [1.165, 1.54) is 5.56 Å². The second-order valence-electron chi connectivity index (χ2n) is 4.47. The molecule has 3 nitrogen and oxygen atoms in total. The third-order valence-electron chi connectivity index (χ3n) is 3.07. The van der Waals surface area contributed by atoms with Gasteiger partial charge in [0, 0.05) is 29.3 Å². The predicted octanol–water partition coefficient (Wildman–Crippen LogP) is 2.30. The standard InChI is InChI=1S/C15H18N2OS/c1-12-5-2-3-6-13(12)10-19(18)11-14-7-4-8-17-15(14)9-16/h2-8H,9-11,16H2,1H3. The van der Waals surface area contributed by atoms with Crippen LogP contribution in [0, 0.1) is 6.92 Å². The molecule has 1 unspecified atom stereocenters. The predicted molar refractivity (Wildman–Crippen MR) is 78.9 cm³/mol. The average Bonchev–Trinajstić information content (AvgIpc) is 2.42. The Labute approximate surface area is 116 Å². The van der Waals surface area contributed by atoms with Gasteiger partial charge in [-0.05, 0) is 29.7 Å². The van der Waals surface area contributed by atoms with Crippen LogP contribution in [0.15, 0.2) is 42.6 Å². The molecule has 100 valence electrons. The molecular formula is C15H18N2OS. The number of pyridine rings is 1. The van der Waals surface area contributed by atoms with Crippen LogP contribution in [-0.2, 0) is 28.9 Å². The van der Waals surface area contributed by atoms with E-state index in [0.29, 0.717) is 18.1 Å². The first kappa shape index (κ1) is 13.9. The van der Waals surface area contributed by atoms with E-state index in [0.717, 1.165) is 16.8 Å². The molecule has 2 rings (SSSR count). The summed E-state index contributed by atoms with van der Waals surface area (Å²) < 4.78 is 12.2. The zero-order valence-corrected chi connectivity index (χ0v) is 11.8. The second kappa shape index (κ2) is 6.59. The number of aromatic nitrogens is 1. The van der Waals surface area contributed by atoms with Gasteiger partial charge >= 0.3 is 0 Å². The molecule has 0 aliphatic rings. The number of hydrogen-bond acceptors (Lipinski definition) is 3. The first-order chi connectivity index (χ1) is 9.20. The van der Waals surface area contributed by atoms with Crippen LogP contribution < -0.4 is 5.73 Å². The summed E-state index contributed by atoms with van der Waals surface area (Å²) in [6.07, 6.45) is 1.72. The molecule has 0 saturated carbocycles. The van der Waals surface area contributed by atoms with E-state index in [-0.39, 0.29) is 0 Å². The maximum absolute atomic E-state index is 12.2. The fraction of sp³-hybridized carbons (Fsp3) is 0.267. The quantitative estimate of drug-likeness (QED) is 0.910. The van der Waals surface area contributed by atoms with Crippen molar-refractivity contribution >= 4 is 10.8 Å². The van der Waals surface area contributed by atoms with Gasteiger partial charge in [0.1, 0.15) is 0 Å². The summed E-state index contributed by atoms with van der Waals surface area (Å²) in [5.74, 6) is 1.08. The molecule has 0 radical (unpaired) electrons. The Bertz CT molecular complexity index is 584. The van der Waals surface area contributed by atoms with Crippen molar-refractivity contribution in [1.29, 1.82) is 0 Å². The smallest absolute Gasteiger partial charge is 0.0580 e. The lowest BCUT2D eigenvalue weighted by molar-refractivity contribution is 0.681. The molecule has 2 N–H and O–H groups in total. The largest absolute Gasteiger partial charge is 0.325 e. The van der Waals surface area contributed by atoms with Crippen molar-refractivity contribution in [3.05, 3.63) is 65.0 Å². The van der Waals surface area contributed by atoms with Gasteiger partial charge in [-0.2, -0.15) is 0 Å². The topological polar surface area (TPSA) is 56.0 Å². The molecule has 0 amide bonds. The van der Waals surface area contributed by atoms with E-state index in [2.05, 4.69) is 4.98 Å². The minimum Gasteiger partial charge on any atom is -0.325 e. The highest BCUT2D eigenvalue weighted by Gasteiger charge is 2.08. The van der Waals surface area contributed by atoms with Crippen molar-refractivity contribution in [3.63, 3.8) is 0 Å². The lowest BCUT2D eigenvalue weighted by Gasteiger charge is -2.08. The van der Waals surface area contributed by atoms with Crippen molar-refractivity contribution in [1.82, 2.24) is 4.98 Å². The van der Waals surface area contributed by atoms with E-state index >= 15 is 0 Å². The minimum absolute atomic E-state index is 0.387. The molecule has 1 aromatic heterocycles. The molecule has 4 heteroatoms. The SMILES string of the molecule is Cc1ccccc1CS(=O)Cc1cccnc1CN. The molecule has 0 fully saturated rings. The lowest BCUT2D eigenvalue weighted by Crippen LogP contribution is -2.08. The molecule has 0 saturated heterocycles. The highest BCUT2D eigenvalue weighted by molar-refractivity contribution is 7.83. The van der Waals surface area contributed by atoms with E-state index in [4.69, 9.17) is 5.73 Å². The van der Waals surface area contributed by atoms with Crippen molar-refractivity contribution in [2.24, 2.45) is 5.73 Å². The number of nitrogens with zero attached hydrogens (tertiary/aromatic N) is 1. The molecule has 2 aromatic rings. The molecule has 0 spiro atoms. The molecule has 0 aliphatic carbocycles. The monoisotopic (exact) mass is 274 g/mol. The van der Waals surface area contributed by atoms with Gasteiger partial charge in [-0.1, -0.05) is 30.3 Å². The van der Waals surface area contributed by atoms with Crippen molar-refractivity contribution in [3.8, 4) is 0 Å². The van der Waals surface area contributed by atoms with Gasteiger partial charge in [0.15, 0.2) is 0 Å². The van der Waals surface area contributed by atoms with Crippen LogP contribution in [0.3, 0.4) is 0 Å². The molecule has 19 heavy (non-hydrogen) atoms. The minimum atomic E-state index is -0.940. The summed E-state index contributed by atoms with van der Waals surface area (Å²) in [5, 5.41) is 0. The maximum atomic E-state index is 12.2. The zero-order valence-electron chi connectivity index (χ0n) is 11.0. The van der Waals surface area contributed by atoms with Gasteiger partial charge < -0.3 is 5.73 Å². The number of rotatable bonds is 5. The van der Waals surface area contributed by atoms with Gasteiger partial charge in [0.05, 0.1) is 11.4 Å². The lowest BCUT2D eigenvalue weighted by atomic mass is 10.1. The second-order valence-corrected chi connectivity index (χ2v) is 5.93. The summed E-state index contributed by atoms with van der Waals surface area (Å²) >= 11 is 0. The molecule has 1 heterocycles. The third-order valence-corrected chi connectivity index (χ3v) is 4.34. The van der Waals surface area contributed by atoms with E-state index in [1.807, 2.05) is 43.3 Å². The number of nitrogens with two attached hydrogens (primary N) is 1. The molecule has 0 bridgehead atoms. The maximum Gasteiger partial charge on any atom is 0.0580 e. The molecule has 1 aromatic carbocycles. The van der Waals surface area contributed by atoms with Gasteiger partial charge in [-0.25, -0.2) is 0 Å². The summed E-state index contributed by atoms with van der Waals surface area (Å²) in [6, 6.07) is 11.9. The van der Waals surface area contributed by atoms with Crippen LogP contribution in [0.25, 0.3) is 0 Å². The Morgan fingerprint density at radius 1 is 1.11 bits per heavy atom. The molecule has 1 atom stereocenters. The van der Waals surface area contributed by atoms with E-state index < -0.39 is 10.8 Å². The Balaban J connectivity index is 2.08. The average molecular weight is 274 g/mol. The van der Waals surface area contributed by atoms with Crippen LogP contribution in [0.5, 0.6) is 0 Å². The van der Waals surface area contributed by atoms with Crippen LogP contribution in [0.4, 0.5) is 0 Å². The van der Waals surface area contributed by atoms with E-state index in [9.17, 15) is 4.21 Å². The Hall–Kier alpha value is -1.52. The Morgan fingerprint density at radius 2 is 1.79 bits per heavy atom. The van der Waals surface area contributed by atoms with Gasteiger partial charge in [-0.3, -0.25) is 9.19 Å². The number of benzene rings is 1. The third kappa shape index (κ3) is 3.72. The van der Waals surface area contributed by atoms with Crippen LogP contribution >= 0.6 is 0 Å². The molecular weight excluding hydrogens is 256 g/mol. The van der Waals surface area contributed by atoms with Gasteiger partial charge in [0.2, 0.25) is 0 Å². The van der Waals surface area contributed by atoms with Crippen LogP contribution in [0.2, 0.25) is 0 Å². The van der Waals surface area contributed by atoms with Gasteiger partial charge in [-0.15, -0.1) is 0 Å².